The maximum Gasteiger partial charge on any atom is 0.158 e. The van der Waals surface area contributed by atoms with Crippen LogP contribution < -0.4 is 4.84 Å². The zero-order valence-electron chi connectivity index (χ0n) is 9.01. The van der Waals surface area contributed by atoms with Gasteiger partial charge in [-0.25, -0.2) is 4.84 Å². The monoisotopic (exact) mass is 205 g/mol. The topological polar surface area (TPSA) is 21.7 Å². The quantitative estimate of drug-likeness (QED) is 0.757. The van der Waals surface area contributed by atoms with Gasteiger partial charge < -0.3 is 4.84 Å². The van der Waals surface area contributed by atoms with Crippen molar-refractivity contribution in [1.29, 1.82) is 0 Å². The molecule has 0 N–H and O–H groups in total. The van der Waals surface area contributed by atoms with Crippen LogP contribution in [0.3, 0.4) is 0 Å². The molecule has 1 aliphatic heterocycles. The molecule has 0 bridgehead atoms. The summed E-state index contributed by atoms with van der Waals surface area (Å²) in [6.07, 6.45) is 4.86. The second-order valence-electron chi connectivity index (χ2n) is 3.58. The summed E-state index contributed by atoms with van der Waals surface area (Å²) in [5.41, 5.74) is 1.21. The lowest BCUT2D eigenvalue weighted by molar-refractivity contribution is -0.284. The predicted octanol–water partition coefficient (Wildman–Crippen LogP) is 2.83. The van der Waals surface area contributed by atoms with Crippen molar-refractivity contribution in [2.24, 2.45) is 0 Å². The Morgan fingerprint density at radius 1 is 1.33 bits per heavy atom. The minimum atomic E-state index is 0.135. The fraction of sp³-hybridized carbons (Fsp3) is 0.333. The number of rotatable bonds is 3. The molecule has 0 radical (unpaired) electrons. The summed E-state index contributed by atoms with van der Waals surface area (Å²) in [5, 5.41) is 1.40. The number of hydrogen-bond acceptors (Lipinski definition) is 3. The summed E-state index contributed by atoms with van der Waals surface area (Å²) < 4.78 is 0. The first-order valence-corrected chi connectivity index (χ1v) is 5.17. The first-order valence-electron chi connectivity index (χ1n) is 5.17. The van der Waals surface area contributed by atoms with Crippen LogP contribution in [0.25, 0.3) is 0 Å². The molecule has 0 aromatic heterocycles. The fourth-order valence-electron chi connectivity index (χ4n) is 1.34. The van der Waals surface area contributed by atoms with Crippen molar-refractivity contribution >= 4 is 0 Å². The number of nitrogens with zero attached hydrogens (tertiary/aromatic N) is 1. The summed E-state index contributed by atoms with van der Waals surface area (Å²) in [5.74, 6) is 0.780. The molecule has 0 spiro atoms. The highest BCUT2D eigenvalue weighted by Gasteiger charge is 2.16. The van der Waals surface area contributed by atoms with Crippen LogP contribution in [0.1, 0.15) is 18.9 Å². The molecule has 0 aliphatic carbocycles. The van der Waals surface area contributed by atoms with Crippen LogP contribution in [0.5, 0.6) is 5.75 Å². The van der Waals surface area contributed by atoms with Gasteiger partial charge in [-0.3, -0.25) is 0 Å². The lowest BCUT2D eigenvalue weighted by atomic mass is 10.2. The third kappa shape index (κ3) is 2.50. The maximum atomic E-state index is 5.49. The van der Waals surface area contributed by atoms with Gasteiger partial charge in [0, 0.05) is 0 Å². The van der Waals surface area contributed by atoms with Crippen molar-refractivity contribution in [3.8, 4) is 5.75 Å². The lowest BCUT2D eigenvalue weighted by Gasteiger charge is -2.17. The van der Waals surface area contributed by atoms with E-state index in [2.05, 4.69) is 6.92 Å². The molecule has 15 heavy (non-hydrogen) atoms. The number of hydrogen-bond donors (Lipinski definition) is 0. The maximum absolute atomic E-state index is 5.49. The Labute approximate surface area is 89.8 Å². The molecular formula is C12H15NO2. The second-order valence-corrected chi connectivity index (χ2v) is 3.58. The zero-order chi connectivity index (χ0) is 10.7. The average molecular weight is 205 g/mol. The van der Waals surface area contributed by atoms with E-state index in [1.54, 1.807) is 6.20 Å². The summed E-state index contributed by atoms with van der Waals surface area (Å²) >= 11 is 0. The van der Waals surface area contributed by atoms with Crippen molar-refractivity contribution in [3.63, 3.8) is 0 Å². The van der Waals surface area contributed by atoms with Gasteiger partial charge in [-0.05, 0) is 31.6 Å². The highest BCUT2D eigenvalue weighted by atomic mass is 17.0. The van der Waals surface area contributed by atoms with Crippen LogP contribution in [0.4, 0.5) is 0 Å². The first-order chi connectivity index (χ1) is 7.28. The summed E-state index contributed by atoms with van der Waals surface area (Å²) in [4.78, 5) is 10.9. The molecule has 0 fully saturated rings. The van der Waals surface area contributed by atoms with Gasteiger partial charge in [0.25, 0.3) is 0 Å². The van der Waals surface area contributed by atoms with E-state index in [4.69, 9.17) is 9.68 Å². The number of benzene rings is 1. The van der Waals surface area contributed by atoms with Gasteiger partial charge in [0.05, 0.1) is 6.20 Å². The Morgan fingerprint density at radius 2 is 2.07 bits per heavy atom. The van der Waals surface area contributed by atoms with Gasteiger partial charge in [-0.1, -0.05) is 29.8 Å². The Hall–Kier alpha value is -1.48. The van der Waals surface area contributed by atoms with E-state index in [0.29, 0.717) is 0 Å². The molecule has 0 saturated carbocycles. The molecule has 0 saturated heterocycles. The predicted molar refractivity (Wildman–Crippen MR) is 58.0 cm³/mol. The minimum Gasteiger partial charge on any atom is -0.354 e. The van der Waals surface area contributed by atoms with E-state index >= 15 is 0 Å². The highest BCUT2D eigenvalue weighted by Crippen LogP contribution is 2.18. The summed E-state index contributed by atoms with van der Waals surface area (Å²) in [6.45, 7) is 4.12. The van der Waals surface area contributed by atoms with Gasteiger partial charge in [0.15, 0.2) is 5.75 Å². The van der Waals surface area contributed by atoms with Crippen LogP contribution in [0, 0.1) is 6.92 Å². The van der Waals surface area contributed by atoms with Crippen molar-refractivity contribution < 1.29 is 9.68 Å². The highest BCUT2D eigenvalue weighted by molar-refractivity contribution is 5.26. The normalized spacial score (nSPS) is 19.6. The number of hydroxylamine groups is 2. The smallest absolute Gasteiger partial charge is 0.158 e. The molecular weight excluding hydrogens is 190 g/mol. The Balaban J connectivity index is 1.93. The van der Waals surface area contributed by atoms with Crippen LogP contribution in [-0.4, -0.2) is 11.3 Å². The zero-order valence-corrected chi connectivity index (χ0v) is 9.01. The fourth-order valence-corrected chi connectivity index (χ4v) is 1.34. The van der Waals surface area contributed by atoms with Gasteiger partial charge in [-0.15, -0.1) is 0 Å². The average Bonchev–Trinajstić information content (AvgIpc) is 2.69. The van der Waals surface area contributed by atoms with Gasteiger partial charge in [0.2, 0.25) is 0 Å². The third-order valence-electron chi connectivity index (χ3n) is 2.28. The molecule has 1 heterocycles. The van der Waals surface area contributed by atoms with E-state index in [-0.39, 0.29) is 6.10 Å². The Bertz CT molecular complexity index is 345. The molecule has 2 rings (SSSR count). The van der Waals surface area contributed by atoms with E-state index < -0.39 is 0 Å². The third-order valence-corrected chi connectivity index (χ3v) is 2.28. The first kappa shape index (κ1) is 10.1. The summed E-state index contributed by atoms with van der Waals surface area (Å²) in [7, 11) is 0. The van der Waals surface area contributed by atoms with Gasteiger partial charge >= 0.3 is 0 Å². The number of aryl methyl sites for hydroxylation is 1. The van der Waals surface area contributed by atoms with Crippen molar-refractivity contribution in [1.82, 2.24) is 5.23 Å². The molecule has 1 unspecified atom stereocenters. The second kappa shape index (κ2) is 4.36. The standard InChI is InChI=1S/C12H15NO2/c1-3-11-8-9-13(14-11)15-12-6-4-10(2)5-7-12/h4-9,11H,3H2,1-2H3. The van der Waals surface area contributed by atoms with Crippen LogP contribution in [0.2, 0.25) is 0 Å². The molecule has 1 atom stereocenters. The van der Waals surface area contributed by atoms with Crippen LogP contribution in [-0.2, 0) is 4.84 Å². The van der Waals surface area contributed by atoms with E-state index in [1.165, 1.54) is 10.8 Å². The van der Waals surface area contributed by atoms with Crippen molar-refractivity contribution in [2.45, 2.75) is 26.4 Å². The lowest BCUT2D eigenvalue weighted by Crippen LogP contribution is -2.21. The molecule has 0 amide bonds. The molecule has 1 aliphatic rings. The van der Waals surface area contributed by atoms with E-state index in [0.717, 1.165) is 12.2 Å². The van der Waals surface area contributed by atoms with E-state index in [9.17, 15) is 0 Å². The molecule has 3 heteroatoms. The van der Waals surface area contributed by atoms with Crippen LogP contribution in [0.15, 0.2) is 36.5 Å². The van der Waals surface area contributed by atoms with Gasteiger partial charge in [0.1, 0.15) is 6.10 Å². The molecule has 3 nitrogen and oxygen atoms in total. The molecule has 1 aromatic carbocycles. The Morgan fingerprint density at radius 3 is 2.67 bits per heavy atom. The molecule has 80 valence electrons. The van der Waals surface area contributed by atoms with Gasteiger partial charge in [-0.2, -0.15) is 0 Å². The van der Waals surface area contributed by atoms with Crippen molar-refractivity contribution in [2.75, 3.05) is 0 Å². The summed E-state index contributed by atoms with van der Waals surface area (Å²) in [6, 6.07) is 7.86. The molecule has 1 aromatic rings. The Kier molecular flexibility index (Phi) is 2.92. The largest absolute Gasteiger partial charge is 0.354 e. The SMILES string of the molecule is CCC1C=CN(Oc2ccc(C)cc2)O1. The van der Waals surface area contributed by atoms with Crippen molar-refractivity contribution in [3.05, 3.63) is 42.1 Å². The minimum absolute atomic E-state index is 0.135. The van der Waals surface area contributed by atoms with E-state index in [1.807, 2.05) is 37.3 Å². The van der Waals surface area contributed by atoms with Crippen LogP contribution >= 0.6 is 0 Å².